The Kier molecular flexibility index (Phi) is 6.82. The number of carbonyl (C=O) groups excluding carboxylic acids is 2. The van der Waals surface area contributed by atoms with Crippen molar-refractivity contribution in [1.82, 2.24) is 14.8 Å². The molecule has 0 saturated carbocycles. The second kappa shape index (κ2) is 9.80. The third kappa shape index (κ3) is 4.74. The molecule has 2 fully saturated rings. The van der Waals surface area contributed by atoms with Crippen LogP contribution in [-0.2, 0) is 9.47 Å². The molecule has 0 bridgehead atoms. The Morgan fingerprint density at radius 3 is 2.59 bits per heavy atom. The van der Waals surface area contributed by atoms with E-state index in [1.807, 2.05) is 17.9 Å². The van der Waals surface area contributed by atoms with E-state index in [1.165, 1.54) is 23.0 Å². The van der Waals surface area contributed by atoms with Crippen molar-refractivity contribution < 1.29 is 23.5 Å². The van der Waals surface area contributed by atoms with E-state index in [0.29, 0.717) is 43.1 Å². The van der Waals surface area contributed by atoms with Gasteiger partial charge in [0.25, 0.3) is 11.1 Å². The number of rotatable bonds is 4. The molecule has 0 unspecified atom stereocenters. The number of hydrogen-bond donors (Lipinski definition) is 0. The number of anilines is 2. The number of piperazine rings is 1. The van der Waals surface area contributed by atoms with Gasteiger partial charge in [0, 0.05) is 45.1 Å². The first-order valence-corrected chi connectivity index (χ1v) is 11.2. The lowest BCUT2D eigenvalue weighted by atomic mass is 10.2. The Hall–Kier alpha value is -3.47. The number of pyridine rings is 1. The highest BCUT2D eigenvalue weighted by Crippen LogP contribution is 2.29. The highest BCUT2D eigenvalue weighted by atomic mass is 32.1. The lowest BCUT2D eigenvalue weighted by Gasteiger charge is -2.36. The Morgan fingerprint density at radius 2 is 1.97 bits per heavy atom. The van der Waals surface area contributed by atoms with E-state index in [1.54, 1.807) is 36.3 Å². The first kappa shape index (κ1) is 23.7. The van der Waals surface area contributed by atoms with Crippen molar-refractivity contribution in [3.63, 3.8) is 0 Å². The maximum atomic E-state index is 15.1. The molecule has 1 aromatic heterocycles. The number of cyclic esters (lactones) is 1. The van der Waals surface area contributed by atoms with Crippen molar-refractivity contribution in [2.75, 3.05) is 56.7 Å². The minimum atomic E-state index is -0.628. The molecule has 2 aromatic rings. The summed E-state index contributed by atoms with van der Waals surface area (Å²) in [6.07, 6.45) is 0.370. The molecule has 1 aromatic carbocycles. The maximum absolute atomic E-state index is 15.1. The van der Waals surface area contributed by atoms with Crippen molar-refractivity contribution in [3.05, 3.63) is 53.6 Å². The average Bonchev–Trinajstić information content (AvgIpc) is 3.24. The number of thiocarbonyl (C=S) groups is 1. The molecule has 3 heterocycles. The second-order valence-electron chi connectivity index (χ2n) is 8.13. The molecular formula is C23H26FN5O4S. The summed E-state index contributed by atoms with van der Waals surface area (Å²) in [5.74, 6) is -0.528. The fourth-order valence-electron chi connectivity index (χ4n) is 3.97. The van der Waals surface area contributed by atoms with Crippen LogP contribution in [0.3, 0.4) is 0 Å². The molecule has 0 aliphatic carbocycles. The molecule has 0 radical (unpaired) electrons. The van der Waals surface area contributed by atoms with Crippen molar-refractivity contribution in [3.8, 4) is 0 Å². The largest absolute Gasteiger partial charge is 0.474 e. The Morgan fingerprint density at radius 1 is 1.24 bits per heavy atom. The molecule has 11 heteroatoms. The van der Waals surface area contributed by atoms with Gasteiger partial charge in [0.2, 0.25) is 0 Å². The summed E-state index contributed by atoms with van der Waals surface area (Å²) < 4.78 is 25.4. The quantitative estimate of drug-likeness (QED) is 0.610. The number of benzene rings is 1. The van der Waals surface area contributed by atoms with Crippen LogP contribution in [0.15, 0.2) is 36.5 Å². The van der Waals surface area contributed by atoms with Gasteiger partial charge in [0.05, 0.1) is 30.6 Å². The number of carbonyl (C=O) groups is 2. The van der Waals surface area contributed by atoms with E-state index in [-0.39, 0.29) is 17.6 Å². The average molecular weight is 488 g/mol. The van der Waals surface area contributed by atoms with Crippen LogP contribution < -0.4 is 9.80 Å². The van der Waals surface area contributed by atoms with Gasteiger partial charge in [-0.2, -0.15) is 0 Å². The van der Waals surface area contributed by atoms with Crippen LogP contribution in [-0.4, -0.2) is 85.1 Å². The zero-order valence-corrected chi connectivity index (χ0v) is 20.0. The Bertz CT molecular complexity index is 1090. The summed E-state index contributed by atoms with van der Waals surface area (Å²) >= 11 is 5.08. The molecule has 2 saturated heterocycles. The first-order valence-electron chi connectivity index (χ1n) is 10.8. The smallest absolute Gasteiger partial charge is 0.416 e. The summed E-state index contributed by atoms with van der Waals surface area (Å²) in [5.41, 5.74) is 2.21. The number of amides is 2. The van der Waals surface area contributed by atoms with E-state index in [9.17, 15) is 9.59 Å². The van der Waals surface area contributed by atoms with Crippen LogP contribution in [0.1, 0.15) is 16.1 Å². The Labute approximate surface area is 202 Å². The molecule has 1 atom stereocenters. The summed E-state index contributed by atoms with van der Waals surface area (Å²) in [6, 6.07) is 8.23. The van der Waals surface area contributed by atoms with Gasteiger partial charge < -0.3 is 19.3 Å². The molecular weight excluding hydrogens is 461 g/mol. The van der Waals surface area contributed by atoms with Crippen LogP contribution in [0.2, 0.25) is 0 Å². The SMILES string of the molecule is COC(=S)N(C)[C@@H]1CN(c2ccc(N3CCN(C(=O)c4ccc(C)nc4)CC3)c(F)c2)C(=O)O1. The summed E-state index contributed by atoms with van der Waals surface area (Å²) in [4.78, 5) is 35.8. The maximum Gasteiger partial charge on any atom is 0.416 e. The molecule has 34 heavy (non-hydrogen) atoms. The molecule has 4 rings (SSSR count). The number of hydrogen-bond acceptors (Lipinski definition) is 7. The summed E-state index contributed by atoms with van der Waals surface area (Å²) in [7, 11) is 3.10. The predicted molar refractivity (Wildman–Crippen MR) is 128 cm³/mol. The number of aryl methyl sites for hydroxylation is 1. The van der Waals surface area contributed by atoms with Crippen LogP contribution in [0.25, 0.3) is 0 Å². The third-order valence-corrected chi connectivity index (χ3v) is 6.45. The molecule has 2 amide bonds. The number of likely N-dealkylation sites (N-methyl/N-ethyl adjacent to an activating group) is 1. The number of ether oxygens (including phenoxy) is 2. The number of nitrogens with zero attached hydrogens (tertiary/aromatic N) is 5. The normalized spacial score (nSPS) is 18.1. The van der Waals surface area contributed by atoms with E-state index < -0.39 is 18.1 Å². The number of aromatic nitrogens is 1. The molecule has 0 spiro atoms. The first-order chi connectivity index (χ1) is 16.3. The molecule has 180 valence electrons. The van der Waals surface area contributed by atoms with Gasteiger partial charge in [-0.1, -0.05) is 0 Å². The van der Waals surface area contributed by atoms with Gasteiger partial charge in [-0.05, 0) is 49.5 Å². The van der Waals surface area contributed by atoms with Crippen molar-refractivity contribution in [2.24, 2.45) is 0 Å². The van der Waals surface area contributed by atoms with E-state index in [0.717, 1.165) is 5.69 Å². The second-order valence-corrected chi connectivity index (χ2v) is 8.48. The monoisotopic (exact) mass is 487 g/mol. The summed E-state index contributed by atoms with van der Waals surface area (Å²) in [6.45, 7) is 3.99. The minimum Gasteiger partial charge on any atom is -0.474 e. The van der Waals surface area contributed by atoms with E-state index in [2.05, 4.69) is 4.98 Å². The summed E-state index contributed by atoms with van der Waals surface area (Å²) in [5, 5.41) is 0.192. The third-order valence-electron chi connectivity index (χ3n) is 6.00. The van der Waals surface area contributed by atoms with Gasteiger partial charge in [0.15, 0.2) is 6.23 Å². The number of methoxy groups -OCH3 is 1. The van der Waals surface area contributed by atoms with Crippen molar-refractivity contribution in [2.45, 2.75) is 13.2 Å². The van der Waals surface area contributed by atoms with E-state index >= 15 is 4.39 Å². The standard InChI is InChI=1S/C23H26FN5O4S/c1-15-4-5-16(13-25-15)21(30)28-10-8-27(9-11-28)19-7-6-17(12-18(19)24)29-14-20(33-22(29)31)26(2)23(34)32-3/h4-7,12-13,20H,8-11,14H2,1-3H3/t20-/m0/s1. The Balaban J connectivity index is 1.39. The lowest BCUT2D eigenvalue weighted by molar-refractivity contribution is 0.0677. The lowest BCUT2D eigenvalue weighted by Crippen LogP contribution is -2.49. The van der Waals surface area contributed by atoms with Gasteiger partial charge in [-0.15, -0.1) is 0 Å². The predicted octanol–water partition coefficient (Wildman–Crippen LogP) is 2.64. The molecule has 2 aliphatic heterocycles. The molecule has 9 nitrogen and oxygen atoms in total. The highest BCUT2D eigenvalue weighted by molar-refractivity contribution is 7.80. The van der Waals surface area contributed by atoms with Crippen LogP contribution >= 0.6 is 12.2 Å². The topological polar surface area (TPSA) is 78.5 Å². The highest BCUT2D eigenvalue weighted by Gasteiger charge is 2.36. The molecule has 0 N–H and O–H groups in total. The van der Waals surface area contributed by atoms with Gasteiger partial charge in [-0.3, -0.25) is 19.6 Å². The van der Waals surface area contributed by atoms with Gasteiger partial charge >= 0.3 is 6.09 Å². The zero-order chi connectivity index (χ0) is 24.4. The number of halogens is 1. The fourth-order valence-corrected chi connectivity index (χ4v) is 4.09. The van der Waals surface area contributed by atoms with Crippen molar-refractivity contribution in [1.29, 1.82) is 0 Å². The van der Waals surface area contributed by atoms with E-state index in [4.69, 9.17) is 21.7 Å². The van der Waals surface area contributed by atoms with Crippen LogP contribution in [0.5, 0.6) is 0 Å². The van der Waals surface area contributed by atoms with Crippen LogP contribution in [0, 0.1) is 12.7 Å². The van der Waals surface area contributed by atoms with Gasteiger partial charge in [-0.25, -0.2) is 9.18 Å². The van der Waals surface area contributed by atoms with Crippen molar-refractivity contribution >= 4 is 40.8 Å². The molecule has 2 aliphatic rings. The van der Waals surface area contributed by atoms with Gasteiger partial charge in [0.1, 0.15) is 5.82 Å². The zero-order valence-electron chi connectivity index (χ0n) is 19.2. The fraction of sp³-hybridized carbons (Fsp3) is 0.391. The van der Waals surface area contributed by atoms with Crippen LogP contribution in [0.4, 0.5) is 20.6 Å². The minimum absolute atomic E-state index is 0.0806.